The van der Waals surface area contributed by atoms with E-state index in [1.807, 2.05) is 0 Å². The van der Waals surface area contributed by atoms with Crippen LogP contribution in [0, 0.1) is 0 Å². The summed E-state index contributed by atoms with van der Waals surface area (Å²) in [4.78, 5) is 16.0. The first kappa shape index (κ1) is 12.7. The first-order valence-electron chi connectivity index (χ1n) is 5.58. The van der Waals surface area contributed by atoms with Gasteiger partial charge in [0.2, 0.25) is 5.78 Å². The number of thiazole rings is 1. The molecule has 0 atom stereocenters. The fourth-order valence-electron chi connectivity index (χ4n) is 1.45. The Morgan fingerprint density at radius 3 is 3.06 bits per heavy atom. The normalized spacial score (nSPS) is 10.3. The van der Waals surface area contributed by atoms with Gasteiger partial charge in [0.1, 0.15) is 11.4 Å². The lowest BCUT2D eigenvalue weighted by Gasteiger charge is -2.06. The van der Waals surface area contributed by atoms with Crippen molar-refractivity contribution in [3.05, 3.63) is 46.4 Å². The van der Waals surface area contributed by atoms with Crippen molar-refractivity contribution < 1.29 is 14.6 Å². The van der Waals surface area contributed by atoms with E-state index in [4.69, 9.17) is 9.84 Å². The Bertz CT molecular complexity index is 511. The molecule has 0 aliphatic heterocycles. The molecule has 1 aromatic heterocycles. The third kappa shape index (κ3) is 3.15. The second kappa shape index (κ2) is 6.28. The van der Waals surface area contributed by atoms with Crippen molar-refractivity contribution in [2.45, 2.75) is 6.42 Å². The van der Waals surface area contributed by atoms with E-state index in [-0.39, 0.29) is 12.4 Å². The van der Waals surface area contributed by atoms with Crippen LogP contribution in [0.5, 0.6) is 5.75 Å². The van der Waals surface area contributed by atoms with E-state index in [0.29, 0.717) is 30.0 Å². The molecule has 0 amide bonds. The molecule has 1 aromatic carbocycles. The lowest BCUT2D eigenvalue weighted by atomic mass is 10.1. The molecule has 0 saturated heterocycles. The Morgan fingerprint density at radius 2 is 2.33 bits per heavy atom. The maximum Gasteiger partial charge on any atom is 0.212 e. The summed E-state index contributed by atoms with van der Waals surface area (Å²) in [6.07, 6.45) is 0.574. The zero-order chi connectivity index (χ0) is 12.8. The molecule has 0 bridgehead atoms. The van der Waals surface area contributed by atoms with Crippen molar-refractivity contribution in [1.82, 2.24) is 4.98 Å². The quantitative estimate of drug-likeness (QED) is 0.640. The molecule has 0 spiro atoms. The molecule has 18 heavy (non-hydrogen) atoms. The molecule has 0 aliphatic rings. The van der Waals surface area contributed by atoms with Crippen LogP contribution in [0.15, 0.2) is 35.2 Å². The average molecular weight is 263 g/mol. The van der Waals surface area contributed by atoms with Gasteiger partial charge < -0.3 is 9.84 Å². The van der Waals surface area contributed by atoms with E-state index in [9.17, 15) is 4.79 Å². The van der Waals surface area contributed by atoms with Gasteiger partial charge in [0, 0.05) is 24.0 Å². The summed E-state index contributed by atoms with van der Waals surface area (Å²) in [5, 5.41) is 10.4. The monoisotopic (exact) mass is 263 g/mol. The molecule has 2 rings (SSSR count). The van der Waals surface area contributed by atoms with E-state index in [2.05, 4.69) is 4.98 Å². The summed E-state index contributed by atoms with van der Waals surface area (Å²) in [5.74, 6) is 0.522. The second-order valence-electron chi connectivity index (χ2n) is 3.66. The van der Waals surface area contributed by atoms with Gasteiger partial charge in [-0.25, -0.2) is 4.98 Å². The van der Waals surface area contributed by atoms with E-state index in [1.54, 1.807) is 35.2 Å². The van der Waals surface area contributed by atoms with Crippen molar-refractivity contribution in [1.29, 1.82) is 0 Å². The minimum Gasteiger partial charge on any atom is -0.493 e. The number of carbonyl (C=O) groups excluding carboxylic acids is 1. The molecule has 0 unspecified atom stereocenters. The van der Waals surface area contributed by atoms with Crippen LogP contribution in [0.2, 0.25) is 0 Å². The van der Waals surface area contributed by atoms with Gasteiger partial charge in [0.25, 0.3) is 0 Å². The van der Waals surface area contributed by atoms with Gasteiger partial charge in [-0.15, -0.1) is 11.3 Å². The van der Waals surface area contributed by atoms with Gasteiger partial charge in [-0.3, -0.25) is 4.79 Å². The third-order valence-corrected chi connectivity index (χ3v) is 2.92. The maximum absolute atomic E-state index is 12.0. The molecular weight excluding hydrogens is 250 g/mol. The highest BCUT2D eigenvalue weighted by molar-refractivity contribution is 7.07. The van der Waals surface area contributed by atoms with Gasteiger partial charge in [0.05, 0.1) is 12.1 Å². The molecule has 2 aromatic rings. The van der Waals surface area contributed by atoms with E-state index < -0.39 is 0 Å². The molecule has 1 N–H and O–H groups in total. The van der Waals surface area contributed by atoms with Crippen LogP contribution in [-0.4, -0.2) is 29.1 Å². The highest BCUT2D eigenvalue weighted by Gasteiger charge is 2.11. The number of nitrogens with zero attached hydrogens (tertiary/aromatic N) is 1. The zero-order valence-corrected chi connectivity index (χ0v) is 10.5. The number of hydrogen-bond acceptors (Lipinski definition) is 5. The number of ketones is 1. The SMILES string of the molecule is O=C(c1cccc(OCCCO)c1)c1cscn1. The second-order valence-corrected chi connectivity index (χ2v) is 4.37. The van der Waals surface area contributed by atoms with Gasteiger partial charge in [-0.2, -0.15) is 0 Å². The molecule has 5 heteroatoms. The summed E-state index contributed by atoms with van der Waals surface area (Å²) in [6.45, 7) is 0.530. The molecule has 4 nitrogen and oxygen atoms in total. The highest BCUT2D eigenvalue weighted by atomic mass is 32.1. The zero-order valence-electron chi connectivity index (χ0n) is 9.70. The van der Waals surface area contributed by atoms with Crippen LogP contribution in [-0.2, 0) is 0 Å². The van der Waals surface area contributed by atoms with Gasteiger partial charge in [-0.05, 0) is 12.1 Å². The molecule has 1 heterocycles. The molecular formula is C13H13NO3S. The van der Waals surface area contributed by atoms with Crippen LogP contribution in [0.1, 0.15) is 22.5 Å². The van der Waals surface area contributed by atoms with Crippen molar-refractivity contribution >= 4 is 17.1 Å². The molecule has 0 aliphatic carbocycles. The number of aliphatic hydroxyl groups is 1. The minimum absolute atomic E-state index is 0.0947. The minimum atomic E-state index is -0.108. The van der Waals surface area contributed by atoms with Crippen LogP contribution in [0.25, 0.3) is 0 Å². The van der Waals surface area contributed by atoms with Crippen LogP contribution in [0.3, 0.4) is 0 Å². The molecule has 0 fully saturated rings. The fraction of sp³-hybridized carbons (Fsp3) is 0.231. The predicted molar refractivity (Wildman–Crippen MR) is 69.2 cm³/mol. The third-order valence-electron chi connectivity index (χ3n) is 2.33. The lowest BCUT2D eigenvalue weighted by molar-refractivity contribution is 0.103. The topological polar surface area (TPSA) is 59.4 Å². The number of aliphatic hydroxyl groups excluding tert-OH is 1. The highest BCUT2D eigenvalue weighted by Crippen LogP contribution is 2.17. The number of hydrogen-bond donors (Lipinski definition) is 1. The summed E-state index contributed by atoms with van der Waals surface area (Å²) >= 11 is 1.39. The van der Waals surface area contributed by atoms with Gasteiger partial charge in [-0.1, -0.05) is 12.1 Å². The maximum atomic E-state index is 12.0. The van der Waals surface area contributed by atoms with Crippen LogP contribution < -0.4 is 4.74 Å². The summed E-state index contributed by atoms with van der Waals surface area (Å²) in [7, 11) is 0. The summed E-state index contributed by atoms with van der Waals surface area (Å²) in [5.41, 5.74) is 2.64. The van der Waals surface area contributed by atoms with E-state index in [0.717, 1.165) is 0 Å². The van der Waals surface area contributed by atoms with Crippen molar-refractivity contribution in [3.8, 4) is 5.75 Å². The van der Waals surface area contributed by atoms with E-state index in [1.165, 1.54) is 11.3 Å². The number of aromatic nitrogens is 1. The Balaban J connectivity index is 2.09. The fourth-order valence-corrected chi connectivity index (χ4v) is 1.99. The molecule has 0 saturated carbocycles. The Hall–Kier alpha value is -1.72. The predicted octanol–water partition coefficient (Wildman–Crippen LogP) is 2.14. The Morgan fingerprint density at radius 1 is 1.44 bits per heavy atom. The standard InChI is InChI=1S/C13H13NO3S/c15-5-2-6-17-11-4-1-3-10(7-11)13(16)12-8-18-9-14-12/h1,3-4,7-9,15H,2,5-6H2. The number of rotatable bonds is 6. The Kier molecular flexibility index (Phi) is 4.44. The van der Waals surface area contributed by atoms with E-state index >= 15 is 0 Å². The first-order valence-corrected chi connectivity index (χ1v) is 6.52. The molecule has 0 radical (unpaired) electrons. The first-order chi connectivity index (χ1) is 8.81. The van der Waals surface area contributed by atoms with Gasteiger partial charge in [0.15, 0.2) is 0 Å². The lowest BCUT2D eigenvalue weighted by Crippen LogP contribution is -2.03. The van der Waals surface area contributed by atoms with Crippen molar-refractivity contribution in [3.63, 3.8) is 0 Å². The Labute approximate surface area is 109 Å². The average Bonchev–Trinajstić information content (AvgIpc) is 2.92. The van der Waals surface area contributed by atoms with Crippen molar-refractivity contribution in [2.24, 2.45) is 0 Å². The molecule has 94 valence electrons. The van der Waals surface area contributed by atoms with Gasteiger partial charge >= 0.3 is 0 Å². The smallest absolute Gasteiger partial charge is 0.212 e. The summed E-state index contributed by atoms with van der Waals surface area (Å²) < 4.78 is 5.42. The van der Waals surface area contributed by atoms with Crippen LogP contribution in [0.4, 0.5) is 0 Å². The van der Waals surface area contributed by atoms with Crippen LogP contribution >= 0.6 is 11.3 Å². The number of carbonyl (C=O) groups is 1. The summed E-state index contributed by atoms with van der Waals surface area (Å²) in [6, 6.07) is 6.99. The number of ether oxygens (including phenoxy) is 1. The number of benzene rings is 1. The largest absolute Gasteiger partial charge is 0.493 e. The van der Waals surface area contributed by atoms with Crippen molar-refractivity contribution in [2.75, 3.05) is 13.2 Å².